The van der Waals surface area contributed by atoms with Crippen LogP contribution in [0.3, 0.4) is 0 Å². The van der Waals surface area contributed by atoms with E-state index in [1.165, 1.54) is 0 Å². The minimum Gasteiger partial charge on any atom is -0.363 e. The number of anilines is 1. The largest absolute Gasteiger partial charge is 0.363 e. The van der Waals surface area contributed by atoms with Gasteiger partial charge in [0.1, 0.15) is 5.82 Å². The molecule has 1 N–H and O–H groups in total. The molecular formula is C15H16ClN3O. The van der Waals surface area contributed by atoms with Crippen LogP contribution in [0.4, 0.5) is 5.82 Å². The van der Waals surface area contributed by atoms with Crippen molar-refractivity contribution in [3.63, 3.8) is 0 Å². The fourth-order valence-electron chi connectivity index (χ4n) is 1.69. The highest BCUT2D eigenvalue weighted by atomic mass is 35.5. The molecule has 20 heavy (non-hydrogen) atoms. The molecule has 0 spiro atoms. The summed E-state index contributed by atoms with van der Waals surface area (Å²) in [6.45, 7) is 0.468. The Kier molecular flexibility index (Phi) is 4.58. The molecule has 5 heteroatoms. The second kappa shape index (κ2) is 6.39. The number of hydrogen-bond acceptors (Lipinski definition) is 3. The lowest BCUT2D eigenvalue weighted by Gasteiger charge is -2.12. The second-order valence-corrected chi connectivity index (χ2v) is 5.04. The molecule has 1 aromatic heterocycles. The van der Waals surface area contributed by atoms with Gasteiger partial charge in [0.15, 0.2) is 0 Å². The molecule has 0 aliphatic rings. The average Bonchev–Trinajstić information content (AvgIpc) is 2.46. The first-order chi connectivity index (χ1) is 9.56. The van der Waals surface area contributed by atoms with Crippen molar-refractivity contribution in [1.82, 2.24) is 10.3 Å². The van der Waals surface area contributed by atoms with Crippen LogP contribution >= 0.6 is 11.6 Å². The number of aromatic nitrogens is 1. The number of halogens is 1. The number of pyridine rings is 1. The molecule has 2 aromatic rings. The minimum absolute atomic E-state index is 0.120. The summed E-state index contributed by atoms with van der Waals surface area (Å²) >= 11 is 5.82. The number of carbonyl (C=O) groups is 1. The number of benzene rings is 1. The fraction of sp³-hybridized carbons (Fsp3) is 0.200. The van der Waals surface area contributed by atoms with Gasteiger partial charge in [-0.1, -0.05) is 23.7 Å². The van der Waals surface area contributed by atoms with Crippen LogP contribution in [-0.4, -0.2) is 25.0 Å². The van der Waals surface area contributed by atoms with E-state index >= 15 is 0 Å². The van der Waals surface area contributed by atoms with Crippen LogP contribution in [0.2, 0.25) is 5.02 Å². The van der Waals surface area contributed by atoms with Gasteiger partial charge in [0, 0.05) is 37.4 Å². The molecule has 1 aromatic carbocycles. The minimum atomic E-state index is -0.120. The summed E-state index contributed by atoms with van der Waals surface area (Å²) < 4.78 is 0. The Morgan fingerprint density at radius 1 is 1.25 bits per heavy atom. The van der Waals surface area contributed by atoms with Crippen molar-refractivity contribution in [3.8, 4) is 0 Å². The molecule has 0 fully saturated rings. The molecule has 0 atom stereocenters. The van der Waals surface area contributed by atoms with Gasteiger partial charge in [0.25, 0.3) is 5.91 Å². The highest BCUT2D eigenvalue weighted by molar-refractivity contribution is 6.30. The smallest absolute Gasteiger partial charge is 0.251 e. The van der Waals surface area contributed by atoms with Gasteiger partial charge < -0.3 is 10.2 Å². The maximum absolute atomic E-state index is 12.1. The Bertz CT molecular complexity index is 596. The molecule has 4 nitrogen and oxygen atoms in total. The quantitative estimate of drug-likeness (QED) is 0.941. The monoisotopic (exact) mass is 289 g/mol. The molecule has 0 saturated carbocycles. The van der Waals surface area contributed by atoms with E-state index in [-0.39, 0.29) is 5.91 Å². The fourth-order valence-corrected chi connectivity index (χ4v) is 1.82. The van der Waals surface area contributed by atoms with Crippen LogP contribution in [-0.2, 0) is 6.54 Å². The second-order valence-electron chi connectivity index (χ2n) is 4.61. The summed E-state index contributed by atoms with van der Waals surface area (Å²) in [5, 5.41) is 3.56. The van der Waals surface area contributed by atoms with E-state index in [0.29, 0.717) is 17.1 Å². The average molecular weight is 290 g/mol. The topological polar surface area (TPSA) is 45.2 Å². The number of nitrogens with zero attached hydrogens (tertiary/aromatic N) is 2. The third-order valence-electron chi connectivity index (χ3n) is 2.83. The van der Waals surface area contributed by atoms with E-state index in [0.717, 1.165) is 11.4 Å². The van der Waals surface area contributed by atoms with Gasteiger partial charge in [-0.3, -0.25) is 4.79 Å². The van der Waals surface area contributed by atoms with Crippen molar-refractivity contribution in [2.24, 2.45) is 0 Å². The Morgan fingerprint density at radius 2 is 1.95 bits per heavy atom. The van der Waals surface area contributed by atoms with Gasteiger partial charge in [-0.15, -0.1) is 0 Å². The van der Waals surface area contributed by atoms with Crippen LogP contribution in [0.1, 0.15) is 15.9 Å². The van der Waals surface area contributed by atoms with Gasteiger partial charge >= 0.3 is 0 Å². The molecule has 0 aliphatic carbocycles. The summed E-state index contributed by atoms with van der Waals surface area (Å²) in [5.41, 5.74) is 1.60. The molecule has 0 unspecified atom stereocenters. The normalized spacial score (nSPS) is 10.2. The van der Waals surface area contributed by atoms with Crippen molar-refractivity contribution in [2.75, 3.05) is 19.0 Å². The number of carbonyl (C=O) groups excluding carboxylic acids is 1. The van der Waals surface area contributed by atoms with Crippen LogP contribution in [0.15, 0.2) is 42.6 Å². The van der Waals surface area contributed by atoms with Crippen LogP contribution in [0, 0.1) is 0 Å². The summed E-state index contributed by atoms with van der Waals surface area (Å²) in [5.74, 6) is 0.634. The zero-order valence-corrected chi connectivity index (χ0v) is 12.2. The third-order valence-corrected chi connectivity index (χ3v) is 3.08. The van der Waals surface area contributed by atoms with Gasteiger partial charge in [-0.2, -0.15) is 0 Å². The lowest BCUT2D eigenvalue weighted by Crippen LogP contribution is -2.23. The molecule has 0 aliphatic heterocycles. The molecule has 104 valence electrons. The zero-order valence-electron chi connectivity index (χ0n) is 11.4. The Hall–Kier alpha value is -2.07. The molecule has 0 saturated heterocycles. The van der Waals surface area contributed by atoms with E-state index in [4.69, 9.17) is 11.6 Å². The van der Waals surface area contributed by atoms with Crippen molar-refractivity contribution in [1.29, 1.82) is 0 Å². The molecule has 0 bridgehead atoms. The van der Waals surface area contributed by atoms with E-state index in [1.807, 2.05) is 31.1 Å². The van der Waals surface area contributed by atoms with E-state index in [1.54, 1.807) is 30.5 Å². The standard InChI is InChI=1S/C15H16ClN3O/c1-19(2)14-9-12(7-8-17-14)15(20)18-10-11-3-5-13(16)6-4-11/h3-9H,10H2,1-2H3,(H,18,20). The molecular weight excluding hydrogens is 274 g/mol. The van der Waals surface area contributed by atoms with Crippen molar-refractivity contribution in [3.05, 3.63) is 58.7 Å². The van der Waals surface area contributed by atoms with Gasteiger partial charge in [0.2, 0.25) is 0 Å². The van der Waals surface area contributed by atoms with E-state index in [2.05, 4.69) is 10.3 Å². The molecule has 1 amide bonds. The first kappa shape index (κ1) is 14.3. The van der Waals surface area contributed by atoms with E-state index < -0.39 is 0 Å². The predicted molar refractivity (Wildman–Crippen MR) is 81.2 cm³/mol. The van der Waals surface area contributed by atoms with Gasteiger partial charge in [-0.05, 0) is 29.8 Å². The summed E-state index contributed by atoms with van der Waals surface area (Å²) in [6, 6.07) is 10.8. The third kappa shape index (κ3) is 3.71. The van der Waals surface area contributed by atoms with Gasteiger partial charge in [0.05, 0.1) is 0 Å². The Morgan fingerprint density at radius 3 is 2.60 bits per heavy atom. The SMILES string of the molecule is CN(C)c1cc(C(=O)NCc2ccc(Cl)cc2)ccn1. The first-order valence-electron chi connectivity index (χ1n) is 6.22. The van der Waals surface area contributed by atoms with Crippen molar-refractivity contribution >= 4 is 23.3 Å². The summed E-state index contributed by atoms with van der Waals surface area (Å²) in [7, 11) is 3.77. The van der Waals surface area contributed by atoms with Crippen molar-refractivity contribution in [2.45, 2.75) is 6.54 Å². The van der Waals surface area contributed by atoms with Gasteiger partial charge in [-0.25, -0.2) is 4.98 Å². The summed E-state index contributed by atoms with van der Waals surface area (Å²) in [4.78, 5) is 18.1. The summed E-state index contributed by atoms with van der Waals surface area (Å²) in [6.07, 6.45) is 1.63. The predicted octanol–water partition coefficient (Wildman–Crippen LogP) is 2.73. The Balaban J connectivity index is 2.01. The maximum Gasteiger partial charge on any atom is 0.251 e. The molecule has 2 rings (SSSR count). The highest BCUT2D eigenvalue weighted by Crippen LogP contribution is 2.11. The number of rotatable bonds is 4. The molecule has 1 heterocycles. The number of hydrogen-bond donors (Lipinski definition) is 1. The highest BCUT2D eigenvalue weighted by Gasteiger charge is 2.07. The van der Waals surface area contributed by atoms with Crippen LogP contribution < -0.4 is 10.2 Å². The van der Waals surface area contributed by atoms with Crippen LogP contribution in [0.5, 0.6) is 0 Å². The lowest BCUT2D eigenvalue weighted by atomic mass is 10.2. The Labute approximate surface area is 123 Å². The lowest BCUT2D eigenvalue weighted by molar-refractivity contribution is 0.0951. The first-order valence-corrected chi connectivity index (χ1v) is 6.60. The number of nitrogens with one attached hydrogen (secondary N) is 1. The number of amides is 1. The molecule has 0 radical (unpaired) electrons. The van der Waals surface area contributed by atoms with Crippen LogP contribution in [0.25, 0.3) is 0 Å². The maximum atomic E-state index is 12.1. The van der Waals surface area contributed by atoms with E-state index in [9.17, 15) is 4.79 Å². The van der Waals surface area contributed by atoms with Crippen molar-refractivity contribution < 1.29 is 4.79 Å². The zero-order chi connectivity index (χ0) is 14.5.